The van der Waals surface area contributed by atoms with Crippen molar-refractivity contribution in [3.8, 4) is 5.75 Å². The lowest BCUT2D eigenvalue weighted by molar-refractivity contribution is 0.0168. The first-order valence-corrected chi connectivity index (χ1v) is 10.1. The first-order valence-electron chi connectivity index (χ1n) is 10.1. The maximum atomic E-state index is 12.3. The van der Waals surface area contributed by atoms with Crippen molar-refractivity contribution in [3.05, 3.63) is 30.0 Å². The summed E-state index contributed by atoms with van der Waals surface area (Å²) < 4.78 is 10.8. The highest BCUT2D eigenvalue weighted by atomic mass is 16.6. The van der Waals surface area contributed by atoms with Gasteiger partial charge in [0.25, 0.3) is 0 Å². The topological polar surface area (TPSA) is 80.6 Å². The fraction of sp³-hybridized carbons (Fsp3) is 0.591. The molecular formula is C22H35N3O3. The monoisotopic (exact) mass is 389 g/mol. The van der Waals surface area contributed by atoms with Crippen molar-refractivity contribution >= 4 is 17.0 Å². The first-order chi connectivity index (χ1) is 13.3. The molecule has 0 atom stereocenters. The van der Waals surface area contributed by atoms with Crippen LogP contribution in [0.5, 0.6) is 5.75 Å². The van der Waals surface area contributed by atoms with Crippen LogP contribution in [0.15, 0.2) is 24.4 Å². The van der Waals surface area contributed by atoms with Crippen LogP contribution in [0.2, 0.25) is 0 Å². The zero-order valence-electron chi connectivity index (χ0n) is 18.1. The van der Waals surface area contributed by atoms with Gasteiger partial charge < -0.3 is 25.1 Å². The molecule has 6 nitrogen and oxygen atoms in total. The van der Waals surface area contributed by atoms with Crippen LogP contribution in [-0.4, -0.2) is 48.3 Å². The molecule has 28 heavy (non-hydrogen) atoms. The molecule has 0 bridgehead atoms. The second-order valence-corrected chi connectivity index (χ2v) is 8.07. The molecule has 0 radical (unpaired) electrons. The van der Waals surface area contributed by atoms with Gasteiger partial charge in [-0.05, 0) is 51.3 Å². The standard InChI is InChI=1S/C20H29N3O3.C2H6/c1-19(2,3)26-18(24)23-9-7-20(13-21,8-10-23)16-12-22-17-11-14(25-4)5-6-15(16)17;1-2/h5-6,11-12,22H,7-10,13,21H2,1-4H3;1-2H3. The van der Waals surface area contributed by atoms with Gasteiger partial charge in [-0.25, -0.2) is 4.79 Å². The number of amides is 1. The Bertz CT molecular complexity index is 784. The minimum Gasteiger partial charge on any atom is -0.497 e. The summed E-state index contributed by atoms with van der Waals surface area (Å²) in [4.78, 5) is 17.5. The number of rotatable bonds is 3. The lowest BCUT2D eigenvalue weighted by Gasteiger charge is -2.41. The van der Waals surface area contributed by atoms with Gasteiger partial charge in [-0.1, -0.05) is 13.8 Å². The number of nitrogens with one attached hydrogen (secondary N) is 1. The van der Waals surface area contributed by atoms with Gasteiger partial charge in [0.05, 0.1) is 7.11 Å². The number of hydrogen-bond acceptors (Lipinski definition) is 4. The van der Waals surface area contributed by atoms with Gasteiger partial charge in [0.2, 0.25) is 0 Å². The molecule has 1 aromatic carbocycles. The average Bonchev–Trinajstić information content (AvgIpc) is 3.12. The number of aromatic nitrogens is 1. The molecule has 1 fully saturated rings. The van der Waals surface area contributed by atoms with E-state index in [0.717, 1.165) is 24.1 Å². The second kappa shape index (κ2) is 8.86. The Labute approximate surface area is 168 Å². The van der Waals surface area contributed by atoms with Crippen LogP contribution < -0.4 is 10.5 Å². The molecule has 0 saturated carbocycles. The number of carbonyl (C=O) groups is 1. The van der Waals surface area contributed by atoms with Crippen LogP contribution in [0, 0.1) is 0 Å². The summed E-state index contributed by atoms with van der Waals surface area (Å²) in [5.41, 5.74) is 7.88. The molecule has 3 N–H and O–H groups in total. The summed E-state index contributed by atoms with van der Waals surface area (Å²) in [5, 5.41) is 1.17. The number of likely N-dealkylation sites (tertiary alicyclic amines) is 1. The predicted molar refractivity (Wildman–Crippen MR) is 114 cm³/mol. The number of nitrogens with two attached hydrogens (primary N) is 1. The van der Waals surface area contributed by atoms with Gasteiger partial charge in [-0.15, -0.1) is 0 Å². The molecular weight excluding hydrogens is 354 g/mol. The van der Waals surface area contributed by atoms with Crippen LogP contribution >= 0.6 is 0 Å². The molecule has 6 heteroatoms. The summed E-state index contributed by atoms with van der Waals surface area (Å²) >= 11 is 0. The Hall–Kier alpha value is -2.21. The molecule has 0 unspecified atom stereocenters. The minimum atomic E-state index is -0.477. The van der Waals surface area contributed by atoms with Gasteiger partial charge >= 0.3 is 6.09 Å². The molecule has 1 aromatic heterocycles. The third-order valence-electron chi connectivity index (χ3n) is 5.22. The summed E-state index contributed by atoms with van der Waals surface area (Å²) in [6.07, 6.45) is 3.45. The van der Waals surface area contributed by atoms with Crippen molar-refractivity contribution in [2.75, 3.05) is 26.7 Å². The van der Waals surface area contributed by atoms with Gasteiger partial charge in [0, 0.05) is 48.2 Å². The summed E-state index contributed by atoms with van der Waals surface area (Å²) in [5.74, 6) is 0.826. The van der Waals surface area contributed by atoms with E-state index in [2.05, 4.69) is 17.2 Å². The molecule has 1 aliphatic heterocycles. The van der Waals surface area contributed by atoms with E-state index in [4.69, 9.17) is 15.2 Å². The molecule has 1 aliphatic rings. The minimum absolute atomic E-state index is 0.134. The maximum absolute atomic E-state index is 12.3. The van der Waals surface area contributed by atoms with E-state index >= 15 is 0 Å². The van der Waals surface area contributed by atoms with Crippen LogP contribution in [0.25, 0.3) is 10.9 Å². The Morgan fingerprint density at radius 1 is 1.25 bits per heavy atom. The van der Waals surface area contributed by atoms with Crippen LogP contribution in [0.1, 0.15) is 53.0 Å². The van der Waals surface area contributed by atoms with Crippen molar-refractivity contribution in [2.24, 2.45) is 5.73 Å². The van der Waals surface area contributed by atoms with Gasteiger partial charge in [0.15, 0.2) is 0 Å². The molecule has 2 heterocycles. The number of piperidine rings is 1. The number of hydrogen-bond donors (Lipinski definition) is 2. The van der Waals surface area contributed by atoms with Crippen molar-refractivity contribution in [3.63, 3.8) is 0 Å². The van der Waals surface area contributed by atoms with Crippen LogP contribution in [-0.2, 0) is 10.2 Å². The number of carbonyl (C=O) groups excluding carboxylic acids is 1. The Morgan fingerprint density at radius 2 is 1.89 bits per heavy atom. The van der Waals surface area contributed by atoms with Crippen molar-refractivity contribution in [1.29, 1.82) is 0 Å². The molecule has 0 spiro atoms. The van der Waals surface area contributed by atoms with E-state index in [1.54, 1.807) is 12.0 Å². The molecule has 1 saturated heterocycles. The fourth-order valence-corrected chi connectivity index (χ4v) is 3.70. The third kappa shape index (κ3) is 4.61. The Morgan fingerprint density at radius 3 is 2.43 bits per heavy atom. The van der Waals surface area contributed by atoms with E-state index < -0.39 is 5.60 Å². The Balaban J connectivity index is 0.00000136. The predicted octanol–water partition coefficient (Wildman–Crippen LogP) is 4.43. The number of methoxy groups -OCH3 is 1. The SMILES string of the molecule is CC.COc1ccc2c(C3(CN)CCN(C(=O)OC(C)(C)C)CC3)c[nH]c2c1. The quantitative estimate of drug-likeness (QED) is 0.814. The van der Waals surface area contributed by atoms with Gasteiger partial charge in [-0.3, -0.25) is 0 Å². The van der Waals surface area contributed by atoms with Crippen LogP contribution in [0.4, 0.5) is 4.79 Å². The number of nitrogens with zero attached hydrogens (tertiary/aromatic N) is 1. The first kappa shape index (κ1) is 22.1. The van der Waals surface area contributed by atoms with E-state index in [1.807, 2.05) is 46.8 Å². The smallest absolute Gasteiger partial charge is 0.410 e. The lowest BCUT2D eigenvalue weighted by atomic mass is 9.73. The normalized spacial score (nSPS) is 16.3. The van der Waals surface area contributed by atoms with E-state index in [1.165, 1.54) is 10.9 Å². The number of benzene rings is 1. The van der Waals surface area contributed by atoms with Crippen LogP contribution in [0.3, 0.4) is 0 Å². The average molecular weight is 390 g/mol. The van der Waals surface area contributed by atoms with E-state index in [-0.39, 0.29) is 11.5 Å². The highest BCUT2D eigenvalue weighted by Crippen LogP contribution is 2.39. The van der Waals surface area contributed by atoms with E-state index in [9.17, 15) is 4.79 Å². The van der Waals surface area contributed by atoms with Crippen molar-refractivity contribution in [2.45, 2.75) is 58.5 Å². The molecule has 2 aromatic rings. The summed E-state index contributed by atoms with van der Waals surface area (Å²) in [7, 11) is 1.67. The maximum Gasteiger partial charge on any atom is 0.410 e. The molecule has 0 aliphatic carbocycles. The molecule has 156 valence electrons. The zero-order chi connectivity index (χ0) is 20.9. The molecule has 3 rings (SSSR count). The van der Waals surface area contributed by atoms with Gasteiger partial charge in [-0.2, -0.15) is 0 Å². The lowest BCUT2D eigenvalue weighted by Crippen LogP contribution is -2.49. The fourth-order valence-electron chi connectivity index (χ4n) is 3.70. The van der Waals surface area contributed by atoms with Crippen molar-refractivity contribution < 1.29 is 14.3 Å². The van der Waals surface area contributed by atoms with E-state index in [0.29, 0.717) is 19.6 Å². The number of fused-ring (bicyclic) bond motifs is 1. The highest BCUT2D eigenvalue weighted by Gasteiger charge is 2.39. The Kier molecular flexibility index (Phi) is 6.99. The number of aromatic amines is 1. The zero-order valence-corrected chi connectivity index (χ0v) is 18.1. The summed E-state index contributed by atoms with van der Waals surface area (Å²) in [6, 6.07) is 6.05. The second-order valence-electron chi connectivity index (χ2n) is 8.07. The third-order valence-corrected chi connectivity index (χ3v) is 5.22. The van der Waals surface area contributed by atoms with Gasteiger partial charge in [0.1, 0.15) is 11.4 Å². The number of H-pyrrole nitrogens is 1. The molecule has 1 amide bonds. The summed E-state index contributed by atoms with van der Waals surface area (Å²) in [6.45, 7) is 11.5. The number of ether oxygens (including phenoxy) is 2. The van der Waals surface area contributed by atoms with Crippen molar-refractivity contribution in [1.82, 2.24) is 9.88 Å². The highest BCUT2D eigenvalue weighted by molar-refractivity contribution is 5.85. The largest absolute Gasteiger partial charge is 0.497 e.